The Morgan fingerprint density at radius 2 is 1.85 bits per heavy atom. The van der Waals surface area contributed by atoms with Gasteiger partial charge in [0, 0.05) is 17.8 Å². The van der Waals surface area contributed by atoms with Crippen LogP contribution in [-0.4, -0.2) is 30.0 Å². The summed E-state index contributed by atoms with van der Waals surface area (Å²) in [5.74, 6) is -0.892. The number of rotatable bonds is 8. The van der Waals surface area contributed by atoms with Crippen molar-refractivity contribution in [3.8, 4) is 5.75 Å². The van der Waals surface area contributed by atoms with Gasteiger partial charge in [-0.15, -0.1) is 0 Å². The van der Waals surface area contributed by atoms with Gasteiger partial charge in [0.05, 0.1) is 4.92 Å². The Balaban J connectivity index is 1.73. The second-order valence-electron chi connectivity index (χ2n) is 5.30. The van der Waals surface area contributed by atoms with Crippen LogP contribution >= 0.6 is 0 Å². The van der Waals surface area contributed by atoms with Gasteiger partial charge in [-0.05, 0) is 36.2 Å². The minimum absolute atomic E-state index is 0.0799. The van der Waals surface area contributed by atoms with Crippen LogP contribution in [0.4, 0.5) is 11.4 Å². The molecule has 0 aromatic heterocycles. The summed E-state index contributed by atoms with van der Waals surface area (Å²) in [6.45, 7) is 1.17. The number of nitro groups is 1. The normalized spacial score (nSPS) is 10.0. The first-order valence-electron chi connectivity index (χ1n) is 7.89. The second kappa shape index (κ2) is 9.16. The summed E-state index contributed by atoms with van der Waals surface area (Å²) in [5, 5.41) is 13.2. The average Bonchev–Trinajstić information content (AvgIpc) is 2.65. The summed E-state index contributed by atoms with van der Waals surface area (Å²) in [6, 6.07) is 12.6. The Morgan fingerprint density at radius 3 is 2.50 bits per heavy atom. The van der Waals surface area contributed by atoms with E-state index >= 15 is 0 Å². The van der Waals surface area contributed by atoms with Gasteiger partial charge in [-0.2, -0.15) is 0 Å². The van der Waals surface area contributed by atoms with E-state index in [1.165, 1.54) is 24.3 Å². The predicted octanol–water partition coefficient (Wildman–Crippen LogP) is 2.72. The van der Waals surface area contributed by atoms with Gasteiger partial charge in [-0.25, -0.2) is 4.79 Å². The number of nitrogens with zero attached hydrogens (tertiary/aromatic N) is 1. The van der Waals surface area contributed by atoms with E-state index in [-0.39, 0.29) is 11.4 Å². The summed E-state index contributed by atoms with van der Waals surface area (Å²) in [5.41, 5.74) is 1.63. The van der Waals surface area contributed by atoms with Crippen LogP contribution in [-0.2, 0) is 20.7 Å². The largest absolute Gasteiger partial charge is 0.482 e. The zero-order valence-electron chi connectivity index (χ0n) is 14.1. The number of nitro benzene ring substituents is 1. The smallest absolute Gasteiger partial charge is 0.344 e. The molecule has 0 saturated heterocycles. The van der Waals surface area contributed by atoms with Gasteiger partial charge in [0.1, 0.15) is 5.75 Å². The maximum Gasteiger partial charge on any atom is 0.344 e. The molecule has 8 heteroatoms. The molecule has 2 aromatic rings. The van der Waals surface area contributed by atoms with E-state index in [1.807, 2.05) is 25.1 Å². The number of nitrogens with one attached hydrogen (secondary N) is 1. The molecule has 0 atom stereocenters. The SMILES string of the molecule is CCc1cccc(NC(=O)COC(=O)COc2ccc([N+](=O)[O-])cc2)c1. The van der Waals surface area contributed by atoms with Crippen LogP contribution in [0.25, 0.3) is 0 Å². The quantitative estimate of drug-likeness (QED) is 0.442. The minimum atomic E-state index is -0.721. The van der Waals surface area contributed by atoms with Crippen molar-refractivity contribution < 1.29 is 24.0 Å². The highest BCUT2D eigenvalue weighted by atomic mass is 16.6. The van der Waals surface area contributed by atoms with Gasteiger partial charge < -0.3 is 14.8 Å². The molecule has 8 nitrogen and oxygen atoms in total. The Morgan fingerprint density at radius 1 is 1.12 bits per heavy atom. The lowest BCUT2D eigenvalue weighted by atomic mass is 10.1. The van der Waals surface area contributed by atoms with Crippen molar-refractivity contribution in [1.82, 2.24) is 0 Å². The number of hydrogen-bond acceptors (Lipinski definition) is 6. The molecule has 0 aliphatic carbocycles. The average molecular weight is 358 g/mol. The van der Waals surface area contributed by atoms with Crippen molar-refractivity contribution in [2.45, 2.75) is 13.3 Å². The summed E-state index contributed by atoms with van der Waals surface area (Å²) in [4.78, 5) is 33.4. The molecule has 0 aliphatic heterocycles. The number of esters is 1. The van der Waals surface area contributed by atoms with Gasteiger partial charge in [0.2, 0.25) is 0 Å². The van der Waals surface area contributed by atoms with Crippen molar-refractivity contribution in [1.29, 1.82) is 0 Å². The summed E-state index contributed by atoms with van der Waals surface area (Å²) in [6.07, 6.45) is 0.846. The third-order valence-electron chi connectivity index (χ3n) is 3.39. The van der Waals surface area contributed by atoms with Crippen LogP contribution in [0.2, 0.25) is 0 Å². The van der Waals surface area contributed by atoms with E-state index in [2.05, 4.69) is 5.32 Å². The first kappa shape index (κ1) is 18.9. The van der Waals surface area contributed by atoms with Gasteiger partial charge in [0.25, 0.3) is 11.6 Å². The molecule has 0 heterocycles. The molecule has 1 amide bonds. The lowest BCUT2D eigenvalue weighted by molar-refractivity contribution is -0.384. The fourth-order valence-corrected chi connectivity index (χ4v) is 2.06. The van der Waals surface area contributed by atoms with Crippen molar-refractivity contribution in [2.75, 3.05) is 18.5 Å². The molecule has 0 saturated carbocycles. The molecule has 0 spiro atoms. The van der Waals surface area contributed by atoms with Crippen LogP contribution in [0.3, 0.4) is 0 Å². The first-order valence-corrected chi connectivity index (χ1v) is 7.89. The minimum Gasteiger partial charge on any atom is -0.482 e. The maximum atomic E-state index is 11.8. The topological polar surface area (TPSA) is 108 Å². The number of benzene rings is 2. The zero-order chi connectivity index (χ0) is 18.9. The molecular formula is C18H18N2O6. The van der Waals surface area contributed by atoms with E-state index in [0.717, 1.165) is 12.0 Å². The second-order valence-corrected chi connectivity index (χ2v) is 5.30. The number of non-ortho nitro benzene ring substituents is 1. The Hall–Kier alpha value is -3.42. The third-order valence-corrected chi connectivity index (χ3v) is 3.39. The number of anilines is 1. The molecule has 0 unspecified atom stereocenters. The molecule has 0 bridgehead atoms. The number of aryl methyl sites for hydroxylation is 1. The third kappa shape index (κ3) is 5.90. The lowest BCUT2D eigenvalue weighted by Crippen LogP contribution is -2.23. The predicted molar refractivity (Wildman–Crippen MR) is 94.0 cm³/mol. The Labute approximate surface area is 149 Å². The molecule has 2 rings (SSSR count). The highest BCUT2D eigenvalue weighted by Gasteiger charge is 2.10. The molecule has 0 aliphatic rings. The van der Waals surface area contributed by atoms with Gasteiger partial charge in [-0.1, -0.05) is 19.1 Å². The van der Waals surface area contributed by atoms with Gasteiger partial charge in [-0.3, -0.25) is 14.9 Å². The summed E-state index contributed by atoms with van der Waals surface area (Å²) >= 11 is 0. The lowest BCUT2D eigenvalue weighted by Gasteiger charge is -2.08. The van der Waals surface area contributed by atoms with Crippen LogP contribution in [0.1, 0.15) is 12.5 Å². The highest BCUT2D eigenvalue weighted by molar-refractivity contribution is 5.92. The molecule has 2 aromatic carbocycles. The molecule has 136 valence electrons. The van der Waals surface area contributed by atoms with Crippen LogP contribution in [0.15, 0.2) is 48.5 Å². The van der Waals surface area contributed by atoms with Crippen molar-refractivity contribution in [2.24, 2.45) is 0 Å². The number of carbonyl (C=O) groups is 2. The molecule has 1 N–H and O–H groups in total. The summed E-state index contributed by atoms with van der Waals surface area (Å²) < 4.78 is 9.99. The fraction of sp³-hybridized carbons (Fsp3) is 0.222. The Bertz CT molecular complexity index is 789. The van der Waals surface area contributed by atoms with Gasteiger partial charge >= 0.3 is 5.97 Å². The van der Waals surface area contributed by atoms with E-state index in [0.29, 0.717) is 5.69 Å². The Kier molecular flexibility index (Phi) is 6.67. The van der Waals surface area contributed by atoms with Crippen LogP contribution in [0.5, 0.6) is 5.75 Å². The monoisotopic (exact) mass is 358 g/mol. The van der Waals surface area contributed by atoms with E-state index in [9.17, 15) is 19.7 Å². The molecule has 0 radical (unpaired) electrons. The van der Waals surface area contributed by atoms with Crippen molar-refractivity contribution in [3.05, 3.63) is 64.2 Å². The first-order chi connectivity index (χ1) is 12.5. The molecular weight excluding hydrogens is 340 g/mol. The molecule has 0 fully saturated rings. The van der Waals surface area contributed by atoms with E-state index < -0.39 is 30.0 Å². The number of hydrogen-bond donors (Lipinski definition) is 1. The fourth-order valence-electron chi connectivity index (χ4n) is 2.06. The molecule has 26 heavy (non-hydrogen) atoms. The number of amides is 1. The van der Waals surface area contributed by atoms with E-state index in [4.69, 9.17) is 9.47 Å². The van der Waals surface area contributed by atoms with E-state index in [1.54, 1.807) is 6.07 Å². The zero-order valence-corrected chi connectivity index (χ0v) is 14.1. The number of ether oxygens (including phenoxy) is 2. The highest BCUT2D eigenvalue weighted by Crippen LogP contribution is 2.17. The number of carbonyl (C=O) groups excluding carboxylic acids is 2. The van der Waals surface area contributed by atoms with Crippen molar-refractivity contribution >= 4 is 23.3 Å². The van der Waals surface area contributed by atoms with Crippen LogP contribution < -0.4 is 10.1 Å². The van der Waals surface area contributed by atoms with Crippen LogP contribution in [0, 0.1) is 10.1 Å². The standard InChI is InChI=1S/C18H18N2O6/c1-2-13-4-3-5-14(10-13)19-17(21)11-26-18(22)12-25-16-8-6-15(7-9-16)20(23)24/h3-10H,2,11-12H2,1H3,(H,19,21). The van der Waals surface area contributed by atoms with Crippen molar-refractivity contribution in [3.63, 3.8) is 0 Å². The van der Waals surface area contributed by atoms with Gasteiger partial charge in [0.15, 0.2) is 13.2 Å². The maximum absolute atomic E-state index is 11.8. The summed E-state index contributed by atoms with van der Waals surface area (Å²) in [7, 11) is 0.